The minimum atomic E-state index is 0.504. The quantitative estimate of drug-likeness (QED) is 0.560. The minimum Gasteiger partial charge on any atom is -0.390 e. The lowest BCUT2D eigenvalue weighted by Gasteiger charge is -2.23. The number of hydrogen-bond donors (Lipinski definition) is 2. The molecule has 2 N–H and O–H groups in total. The summed E-state index contributed by atoms with van der Waals surface area (Å²) in [6.07, 6.45) is 14.1. The van der Waals surface area contributed by atoms with Gasteiger partial charge in [-0.15, -0.1) is 0 Å². The van der Waals surface area contributed by atoms with E-state index in [1.165, 1.54) is 0 Å². The first kappa shape index (κ1) is 7.39. The zero-order valence-corrected chi connectivity index (χ0v) is 7.40. The molecule has 0 aromatic rings. The highest BCUT2D eigenvalue weighted by atomic mass is 15.1. The normalized spacial score (nSPS) is 45.5. The van der Waals surface area contributed by atoms with Crippen LogP contribution in [0.5, 0.6) is 0 Å². The van der Waals surface area contributed by atoms with Gasteiger partial charge in [-0.3, -0.25) is 0 Å². The molecule has 2 aliphatic heterocycles. The Kier molecular flexibility index (Phi) is 1.56. The number of rotatable bonds is 0. The summed E-state index contributed by atoms with van der Waals surface area (Å²) in [6, 6.07) is 1.09. The summed E-state index contributed by atoms with van der Waals surface area (Å²) >= 11 is 0. The van der Waals surface area contributed by atoms with Crippen molar-refractivity contribution in [1.29, 1.82) is 0 Å². The first-order valence-corrected chi connectivity index (χ1v) is 4.87. The Morgan fingerprint density at radius 3 is 3.31 bits per heavy atom. The van der Waals surface area contributed by atoms with Crippen LogP contribution in [-0.2, 0) is 0 Å². The second-order valence-corrected chi connectivity index (χ2v) is 3.89. The Hall–Kier alpha value is -1.02. The van der Waals surface area contributed by atoms with E-state index in [1.54, 1.807) is 0 Å². The molecule has 1 saturated heterocycles. The van der Waals surface area contributed by atoms with E-state index >= 15 is 0 Å². The van der Waals surface area contributed by atoms with E-state index < -0.39 is 0 Å². The van der Waals surface area contributed by atoms with Gasteiger partial charge in [0.2, 0.25) is 0 Å². The third-order valence-corrected chi connectivity index (χ3v) is 3.15. The number of allylic oxidation sites excluding steroid dienone is 2. The van der Waals surface area contributed by atoms with Crippen LogP contribution in [0.1, 0.15) is 0 Å². The molecule has 2 nitrogen and oxygen atoms in total. The van der Waals surface area contributed by atoms with Crippen LogP contribution in [0.15, 0.2) is 30.5 Å². The van der Waals surface area contributed by atoms with Gasteiger partial charge in [-0.25, -0.2) is 0 Å². The van der Waals surface area contributed by atoms with Crippen LogP contribution < -0.4 is 10.6 Å². The molecule has 0 spiro atoms. The summed E-state index contributed by atoms with van der Waals surface area (Å²) in [7, 11) is 0. The lowest BCUT2D eigenvalue weighted by Crippen LogP contribution is -2.40. The molecule has 0 saturated carbocycles. The molecule has 1 radical (unpaired) electrons. The van der Waals surface area contributed by atoms with Crippen molar-refractivity contribution in [2.45, 2.75) is 12.1 Å². The van der Waals surface area contributed by atoms with Crippen LogP contribution in [-0.4, -0.2) is 18.6 Å². The van der Waals surface area contributed by atoms with Crippen LogP contribution in [0.3, 0.4) is 0 Å². The standard InChI is InChI=1S/C11H13N2/c1-2-4-10-8(3-1)9-5-6-12-7-11(9)13-10/h1-2,4-6,8-13H,7H2. The van der Waals surface area contributed by atoms with E-state index in [0.717, 1.165) is 6.54 Å². The van der Waals surface area contributed by atoms with Gasteiger partial charge in [-0.05, 0) is 12.3 Å². The lowest BCUT2D eigenvalue weighted by atomic mass is 9.84. The summed E-state index contributed by atoms with van der Waals surface area (Å²) in [5.74, 6) is 1.18. The average molecular weight is 173 g/mol. The summed E-state index contributed by atoms with van der Waals surface area (Å²) in [4.78, 5) is 0. The monoisotopic (exact) mass is 173 g/mol. The zero-order valence-electron chi connectivity index (χ0n) is 7.40. The van der Waals surface area contributed by atoms with Gasteiger partial charge >= 0.3 is 0 Å². The van der Waals surface area contributed by atoms with E-state index in [1.807, 2.05) is 6.08 Å². The fourth-order valence-corrected chi connectivity index (χ4v) is 2.51. The van der Waals surface area contributed by atoms with Crippen molar-refractivity contribution in [3.8, 4) is 0 Å². The average Bonchev–Trinajstić information content (AvgIpc) is 2.56. The van der Waals surface area contributed by atoms with Gasteiger partial charge in [0.1, 0.15) is 0 Å². The fourth-order valence-electron chi connectivity index (χ4n) is 2.51. The molecule has 4 unspecified atom stereocenters. The molecule has 3 aliphatic rings. The molecule has 3 rings (SSSR count). The molecule has 0 aromatic heterocycles. The predicted molar refractivity (Wildman–Crippen MR) is 51.8 cm³/mol. The molecular weight excluding hydrogens is 160 g/mol. The fraction of sp³-hybridized carbons (Fsp3) is 0.455. The van der Waals surface area contributed by atoms with Gasteiger partial charge in [-0.2, -0.15) is 0 Å². The Balaban J connectivity index is 1.92. The molecule has 13 heavy (non-hydrogen) atoms. The maximum absolute atomic E-state index is 3.61. The highest BCUT2D eigenvalue weighted by Crippen LogP contribution is 2.32. The van der Waals surface area contributed by atoms with E-state index in [-0.39, 0.29) is 0 Å². The van der Waals surface area contributed by atoms with Gasteiger partial charge in [-0.1, -0.05) is 24.3 Å². The van der Waals surface area contributed by atoms with Crippen molar-refractivity contribution < 1.29 is 0 Å². The molecule has 2 heterocycles. The van der Waals surface area contributed by atoms with Crippen molar-refractivity contribution in [1.82, 2.24) is 10.6 Å². The Morgan fingerprint density at radius 1 is 1.31 bits per heavy atom. The minimum absolute atomic E-state index is 0.504. The second kappa shape index (κ2) is 2.74. The molecule has 67 valence electrons. The number of hydrogen-bond acceptors (Lipinski definition) is 2. The first-order chi connectivity index (χ1) is 6.45. The van der Waals surface area contributed by atoms with Crippen LogP contribution in [0, 0.1) is 17.9 Å². The van der Waals surface area contributed by atoms with E-state index in [9.17, 15) is 0 Å². The maximum Gasteiger partial charge on any atom is 0.0331 e. The van der Waals surface area contributed by atoms with Gasteiger partial charge in [0.05, 0.1) is 0 Å². The topological polar surface area (TPSA) is 24.1 Å². The van der Waals surface area contributed by atoms with Crippen molar-refractivity contribution in [3.63, 3.8) is 0 Å². The molecule has 0 aromatic carbocycles. The second-order valence-electron chi connectivity index (χ2n) is 3.89. The van der Waals surface area contributed by atoms with Crippen LogP contribution in [0.2, 0.25) is 0 Å². The van der Waals surface area contributed by atoms with Crippen molar-refractivity contribution in [2.75, 3.05) is 6.54 Å². The third-order valence-electron chi connectivity index (χ3n) is 3.15. The SMILES string of the molecule is [C]1=CC=CC2NC3CNC=CC3C12. The lowest BCUT2D eigenvalue weighted by molar-refractivity contribution is 0.448. The number of fused-ring (bicyclic) bond motifs is 3. The van der Waals surface area contributed by atoms with Crippen molar-refractivity contribution >= 4 is 0 Å². The molecule has 4 atom stereocenters. The molecule has 1 aliphatic carbocycles. The smallest absolute Gasteiger partial charge is 0.0331 e. The molecule has 1 fully saturated rings. The highest BCUT2D eigenvalue weighted by molar-refractivity contribution is 5.23. The van der Waals surface area contributed by atoms with Crippen LogP contribution >= 0.6 is 0 Å². The predicted octanol–water partition coefficient (Wildman–Crippen LogP) is 0.605. The van der Waals surface area contributed by atoms with Crippen LogP contribution in [0.4, 0.5) is 0 Å². The third kappa shape index (κ3) is 1.05. The van der Waals surface area contributed by atoms with Crippen LogP contribution in [0.25, 0.3) is 0 Å². The Bertz CT molecular complexity index is 290. The zero-order chi connectivity index (χ0) is 8.67. The van der Waals surface area contributed by atoms with Gasteiger partial charge in [0, 0.05) is 30.5 Å². The van der Waals surface area contributed by atoms with Crippen molar-refractivity contribution in [3.05, 3.63) is 36.6 Å². The van der Waals surface area contributed by atoms with E-state index in [0.29, 0.717) is 23.9 Å². The first-order valence-electron chi connectivity index (χ1n) is 4.87. The molecular formula is C11H13N2. The summed E-state index contributed by atoms with van der Waals surface area (Å²) in [5.41, 5.74) is 0. The van der Waals surface area contributed by atoms with Gasteiger partial charge < -0.3 is 10.6 Å². The summed E-state index contributed by atoms with van der Waals surface area (Å²) in [5, 5.41) is 6.87. The number of nitrogens with one attached hydrogen (secondary N) is 2. The molecule has 2 heteroatoms. The maximum atomic E-state index is 3.61. The molecule has 0 bridgehead atoms. The van der Waals surface area contributed by atoms with Gasteiger partial charge in [0.25, 0.3) is 0 Å². The van der Waals surface area contributed by atoms with Crippen molar-refractivity contribution in [2.24, 2.45) is 11.8 Å². The van der Waals surface area contributed by atoms with E-state index in [4.69, 9.17) is 0 Å². The molecule has 0 amide bonds. The summed E-state index contributed by atoms with van der Waals surface area (Å²) in [6.45, 7) is 1.05. The van der Waals surface area contributed by atoms with Gasteiger partial charge in [0.15, 0.2) is 0 Å². The van der Waals surface area contributed by atoms with E-state index in [2.05, 4.69) is 41.1 Å². The Labute approximate surface area is 78.4 Å². The summed E-state index contributed by atoms with van der Waals surface area (Å²) < 4.78 is 0. The highest BCUT2D eigenvalue weighted by Gasteiger charge is 2.40. The Morgan fingerprint density at radius 2 is 2.31 bits per heavy atom. The largest absolute Gasteiger partial charge is 0.390 e.